The molecule has 6 nitrogen and oxygen atoms in total. The van der Waals surface area contributed by atoms with Crippen molar-refractivity contribution >= 4 is 29.3 Å². The van der Waals surface area contributed by atoms with Crippen LogP contribution in [0.4, 0.5) is 0 Å². The first-order chi connectivity index (χ1) is 19.0. The minimum atomic E-state index is -0.774. The number of halogens is 1. The van der Waals surface area contributed by atoms with Crippen molar-refractivity contribution in [2.75, 3.05) is 19.6 Å². The fraction of sp³-hybridized carbons (Fsp3) is 0.156. The molecule has 1 heterocycles. The number of benzene rings is 4. The monoisotopic (exact) mass is 537 g/mol. The molecule has 1 unspecified atom stereocenters. The number of hydrogen-bond acceptors (Lipinski definition) is 4. The molecule has 1 atom stereocenters. The largest absolute Gasteiger partial charge is 0.335 e. The zero-order valence-corrected chi connectivity index (χ0v) is 22.0. The molecule has 1 saturated heterocycles. The summed E-state index contributed by atoms with van der Waals surface area (Å²) in [6.07, 6.45) is 0. The van der Waals surface area contributed by atoms with Crippen LogP contribution < -0.4 is 5.32 Å². The van der Waals surface area contributed by atoms with Gasteiger partial charge in [-0.3, -0.25) is 19.3 Å². The normalized spacial score (nSPS) is 15.1. The maximum Gasteiger partial charge on any atom is 0.261 e. The molecule has 0 bridgehead atoms. The smallest absolute Gasteiger partial charge is 0.261 e. The van der Waals surface area contributed by atoms with Crippen LogP contribution in [0, 0.1) is 0 Å². The van der Waals surface area contributed by atoms with Crippen LogP contribution in [0.25, 0.3) is 0 Å². The summed E-state index contributed by atoms with van der Waals surface area (Å²) in [5, 5.41) is 3.65. The van der Waals surface area contributed by atoms with Gasteiger partial charge in [0.05, 0.1) is 6.04 Å². The zero-order chi connectivity index (χ0) is 27.2. The molecule has 1 aliphatic heterocycles. The predicted octanol–water partition coefficient (Wildman–Crippen LogP) is 5.21. The van der Waals surface area contributed by atoms with E-state index in [9.17, 15) is 14.4 Å². The molecule has 196 valence electrons. The quantitative estimate of drug-likeness (QED) is 0.343. The Labute approximate surface area is 232 Å². The lowest BCUT2D eigenvalue weighted by molar-refractivity contribution is -0.133. The average molecular weight is 538 g/mol. The van der Waals surface area contributed by atoms with Gasteiger partial charge in [-0.25, -0.2) is 0 Å². The highest BCUT2D eigenvalue weighted by Crippen LogP contribution is 2.31. The number of amides is 3. The van der Waals surface area contributed by atoms with Crippen LogP contribution in [0.2, 0.25) is 5.02 Å². The highest BCUT2D eigenvalue weighted by Gasteiger charge is 2.39. The maximum absolute atomic E-state index is 14.4. The molecule has 0 aliphatic carbocycles. The van der Waals surface area contributed by atoms with Crippen molar-refractivity contribution in [2.24, 2.45) is 0 Å². The van der Waals surface area contributed by atoms with Crippen molar-refractivity contribution in [2.45, 2.75) is 12.1 Å². The third-order valence-electron chi connectivity index (χ3n) is 6.80. The molecule has 39 heavy (non-hydrogen) atoms. The maximum atomic E-state index is 14.4. The van der Waals surface area contributed by atoms with Gasteiger partial charge in [-0.05, 0) is 41.5 Å². The van der Waals surface area contributed by atoms with Crippen molar-refractivity contribution in [1.29, 1.82) is 0 Å². The van der Waals surface area contributed by atoms with Gasteiger partial charge < -0.3 is 10.2 Å². The minimum absolute atomic E-state index is 0.141. The lowest BCUT2D eigenvalue weighted by Crippen LogP contribution is -2.60. The van der Waals surface area contributed by atoms with Gasteiger partial charge in [-0.1, -0.05) is 96.5 Å². The Morgan fingerprint density at radius 3 is 1.92 bits per heavy atom. The molecule has 3 amide bonds. The summed E-state index contributed by atoms with van der Waals surface area (Å²) in [6, 6.07) is 33.1. The third kappa shape index (κ3) is 5.93. The Kier molecular flexibility index (Phi) is 8.16. The van der Waals surface area contributed by atoms with Crippen molar-refractivity contribution in [3.8, 4) is 0 Å². The topological polar surface area (TPSA) is 69.7 Å². The van der Waals surface area contributed by atoms with E-state index >= 15 is 0 Å². The Balaban J connectivity index is 1.55. The summed E-state index contributed by atoms with van der Waals surface area (Å²) in [6.45, 7) is 1.03. The molecular weight excluding hydrogens is 510 g/mol. The van der Waals surface area contributed by atoms with Crippen molar-refractivity contribution in [3.63, 3.8) is 0 Å². The molecular formula is C32H28ClN3O3. The van der Waals surface area contributed by atoms with Gasteiger partial charge >= 0.3 is 0 Å². The Morgan fingerprint density at radius 2 is 1.33 bits per heavy atom. The van der Waals surface area contributed by atoms with Gasteiger partial charge in [-0.15, -0.1) is 0 Å². The lowest BCUT2D eigenvalue weighted by Gasteiger charge is -2.38. The van der Waals surface area contributed by atoms with E-state index in [0.717, 1.165) is 11.1 Å². The first-order valence-electron chi connectivity index (χ1n) is 12.8. The Hall–Kier alpha value is -4.26. The highest BCUT2D eigenvalue weighted by molar-refractivity contribution is 6.31. The summed E-state index contributed by atoms with van der Waals surface area (Å²) in [7, 11) is 0. The highest BCUT2D eigenvalue weighted by atomic mass is 35.5. The summed E-state index contributed by atoms with van der Waals surface area (Å²) in [4.78, 5) is 44.7. The van der Waals surface area contributed by atoms with Crippen LogP contribution in [-0.2, 0) is 4.79 Å². The van der Waals surface area contributed by atoms with E-state index in [2.05, 4.69) is 5.32 Å². The van der Waals surface area contributed by atoms with Crippen molar-refractivity contribution in [3.05, 3.63) is 143 Å². The lowest BCUT2D eigenvalue weighted by atomic mass is 9.95. The van der Waals surface area contributed by atoms with E-state index in [1.165, 1.54) is 4.90 Å². The molecule has 7 heteroatoms. The van der Waals surface area contributed by atoms with E-state index < -0.39 is 23.9 Å². The predicted molar refractivity (Wildman–Crippen MR) is 151 cm³/mol. The van der Waals surface area contributed by atoms with E-state index in [1.54, 1.807) is 41.3 Å². The summed E-state index contributed by atoms with van der Waals surface area (Å²) < 4.78 is 0. The van der Waals surface area contributed by atoms with Crippen molar-refractivity contribution in [1.82, 2.24) is 15.1 Å². The summed E-state index contributed by atoms with van der Waals surface area (Å²) in [5.41, 5.74) is 2.45. The van der Waals surface area contributed by atoms with Crippen LogP contribution in [0.5, 0.6) is 0 Å². The Bertz CT molecular complexity index is 1410. The van der Waals surface area contributed by atoms with Gasteiger partial charge in [0.2, 0.25) is 5.91 Å². The summed E-state index contributed by atoms with van der Waals surface area (Å²) >= 11 is 6.24. The molecule has 1 aliphatic rings. The molecule has 0 radical (unpaired) electrons. The number of carbonyl (C=O) groups is 3. The second kappa shape index (κ2) is 12.1. The van der Waals surface area contributed by atoms with E-state index in [-0.39, 0.29) is 12.5 Å². The molecule has 4 aromatic carbocycles. The molecule has 5 rings (SSSR count). The zero-order valence-electron chi connectivity index (χ0n) is 21.2. The second-order valence-corrected chi connectivity index (χ2v) is 9.81. The first-order valence-corrected chi connectivity index (χ1v) is 13.2. The van der Waals surface area contributed by atoms with Gasteiger partial charge in [0.25, 0.3) is 11.8 Å². The van der Waals surface area contributed by atoms with E-state index in [4.69, 9.17) is 11.6 Å². The number of hydrogen-bond donors (Lipinski definition) is 1. The SMILES string of the molecule is O=C(c1ccccc1)N1CCNC(C(=O)N(C(=O)c2cccc(Cl)c2)C(c2ccccc2)c2ccccc2)C1. The fourth-order valence-electron chi connectivity index (χ4n) is 4.90. The minimum Gasteiger partial charge on any atom is -0.335 e. The molecule has 0 spiro atoms. The van der Waals surface area contributed by atoms with Crippen LogP contribution in [0.15, 0.2) is 115 Å². The van der Waals surface area contributed by atoms with Crippen LogP contribution in [-0.4, -0.2) is 53.2 Å². The van der Waals surface area contributed by atoms with Crippen LogP contribution in [0.3, 0.4) is 0 Å². The third-order valence-corrected chi connectivity index (χ3v) is 7.03. The van der Waals surface area contributed by atoms with E-state index in [1.807, 2.05) is 78.9 Å². The number of nitrogens with zero attached hydrogens (tertiary/aromatic N) is 2. The number of carbonyl (C=O) groups excluding carboxylic acids is 3. The number of imide groups is 1. The molecule has 1 N–H and O–H groups in total. The number of rotatable bonds is 6. The first kappa shape index (κ1) is 26.4. The van der Waals surface area contributed by atoms with Gasteiger partial charge in [0, 0.05) is 35.8 Å². The molecule has 1 fully saturated rings. The average Bonchev–Trinajstić information content (AvgIpc) is 3.00. The molecule has 0 aromatic heterocycles. The second-order valence-electron chi connectivity index (χ2n) is 9.37. The molecule has 0 saturated carbocycles. The fourth-order valence-corrected chi connectivity index (χ4v) is 5.09. The number of piperazine rings is 1. The van der Waals surface area contributed by atoms with Crippen molar-refractivity contribution < 1.29 is 14.4 Å². The van der Waals surface area contributed by atoms with Gasteiger partial charge in [0.15, 0.2) is 0 Å². The van der Waals surface area contributed by atoms with E-state index in [0.29, 0.717) is 29.2 Å². The van der Waals surface area contributed by atoms with Crippen LogP contribution in [0.1, 0.15) is 37.9 Å². The Morgan fingerprint density at radius 1 is 0.769 bits per heavy atom. The van der Waals surface area contributed by atoms with Gasteiger partial charge in [0.1, 0.15) is 6.04 Å². The number of nitrogens with one attached hydrogen (secondary N) is 1. The summed E-state index contributed by atoms with van der Waals surface area (Å²) in [5.74, 6) is -1.03. The van der Waals surface area contributed by atoms with Crippen LogP contribution >= 0.6 is 11.6 Å². The molecule has 4 aromatic rings. The standard InChI is InChI=1S/C32H28ClN3O3/c33-27-18-10-17-26(21-27)31(38)36(29(23-11-4-1-5-12-23)24-13-6-2-7-14-24)32(39)28-22-35(20-19-34-28)30(37)25-15-8-3-9-16-25/h1-18,21,28-29,34H,19-20,22H2. The van der Waals surface area contributed by atoms with Gasteiger partial charge in [-0.2, -0.15) is 0 Å².